The third-order valence-corrected chi connectivity index (χ3v) is 2.41. The lowest BCUT2D eigenvalue weighted by atomic mass is 9.97. The van der Waals surface area contributed by atoms with Crippen molar-refractivity contribution in [1.82, 2.24) is 0 Å². The highest BCUT2D eigenvalue weighted by Crippen LogP contribution is 2.32. The third kappa shape index (κ3) is 1.16. The second kappa shape index (κ2) is 3.14. The number of carbonyl (C=O) groups is 1. The van der Waals surface area contributed by atoms with Gasteiger partial charge in [0.05, 0.1) is 5.71 Å². The van der Waals surface area contributed by atoms with Crippen molar-refractivity contribution in [3.8, 4) is 0 Å². The first-order chi connectivity index (χ1) is 6.74. The van der Waals surface area contributed by atoms with Gasteiger partial charge in [-0.05, 0) is 18.6 Å². The molecule has 1 aliphatic rings. The van der Waals surface area contributed by atoms with Crippen LogP contribution in [0, 0.1) is 0 Å². The van der Waals surface area contributed by atoms with Gasteiger partial charge < -0.3 is 11.2 Å². The maximum Gasteiger partial charge on any atom is 0.237 e. The number of carbonyl (C=O) groups excluding carboxylic acids is 1. The molecule has 1 aromatic carbocycles. The van der Waals surface area contributed by atoms with Crippen molar-refractivity contribution >= 4 is 17.3 Å². The van der Waals surface area contributed by atoms with Crippen LogP contribution in [-0.2, 0) is 4.79 Å². The molecule has 0 bridgehead atoms. The molecular formula is C10H11N3O. The molecule has 3 N–H and O–H groups in total. The van der Waals surface area contributed by atoms with Crippen LogP contribution in [0.4, 0.5) is 5.69 Å². The fraction of sp³-hybridized carbons (Fsp3) is 0.200. The Bertz CT molecular complexity index is 412. The van der Waals surface area contributed by atoms with Gasteiger partial charge in [-0.2, -0.15) is 5.10 Å². The van der Waals surface area contributed by atoms with Gasteiger partial charge >= 0.3 is 0 Å². The standard InChI is InChI=1S/C10H11N3O/c1-6(13-11)9-7-4-2-3-5-8(7)12-10(9)14/h2-5,9H,11H2,1H3,(H,12,14)/b13-6-. The maximum atomic E-state index is 11.6. The van der Waals surface area contributed by atoms with Gasteiger partial charge in [-0.25, -0.2) is 0 Å². The molecule has 1 unspecified atom stereocenters. The summed E-state index contributed by atoms with van der Waals surface area (Å²) >= 11 is 0. The Kier molecular flexibility index (Phi) is 1.96. The number of hydrogen-bond donors (Lipinski definition) is 2. The number of nitrogens with zero attached hydrogens (tertiary/aromatic N) is 1. The van der Waals surface area contributed by atoms with Crippen molar-refractivity contribution in [1.29, 1.82) is 0 Å². The lowest BCUT2D eigenvalue weighted by Gasteiger charge is -2.06. The number of para-hydroxylation sites is 1. The molecule has 1 aromatic rings. The Morgan fingerprint density at radius 2 is 2.21 bits per heavy atom. The molecule has 1 atom stereocenters. The van der Waals surface area contributed by atoms with Gasteiger partial charge in [0.15, 0.2) is 0 Å². The molecule has 0 saturated carbocycles. The lowest BCUT2D eigenvalue weighted by Crippen LogP contribution is -2.19. The fourth-order valence-corrected chi connectivity index (χ4v) is 1.70. The van der Waals surface area contributed by atoms with Crippen molar-refractivity contribution in [2.45, 2.75) is 12.8 Å². The van der Waals surface area contributed by atoms with Gasteiger partial charge in [0, 0.05) is 5.69 Å². The van der Waals surface area contributed by atoms with E-state index in [9.17, 15) is 4.79 Å². The Morgan fingerprint density at radius 1 is 1.50 bits per heavy atom. The molecule has 4 heteroatoms. The van der Waals surface area contributed by atoms with E-state index >= 15 is 0 Å². The van der Waals surface area contributed by atoms with Crippen LogP contribution in [-0.4, -0.2) is 11.6 Å². The highest BCUT2D eigenvalue weighted by molar-refractivity contribution is 6.17. The first-order valence-electron chi connectivity index (χ1n) is 4.38. The minimum Gasteiger partial charge on any atom is -0.325 e. The molecule has 72 valence electrons. The Hall–Kier alpha value is -1.84. The number of nitrogens with two attached hydrogens (primary N) is 1. The second-order valence-corrected chi connectivity index (χ2v) is 3.28. The number of anilines is 1. The summed E-state index contributed by atoms with van der Waals surface area (Å²) < 4.78 is 0. The topological polar surface area (TPSA) is 67.5 Å². The summed E-state index contributed by atoms with van der Waals surface area (Å²) in [5, 5.41) is 6.36. The van der Waals surface area contributed by atoms with Crippen LogP contribution in [0.3, 0.4) is 0 Å². The SMILES string of the molecule is C/C(=N/N)C1C(=O)Nc2ccccc21. The van der Waals surface area contributed by atoms with Gasteiger partial charge in [-0.15, -0.1) is 0 Å². The third-order valence-electron chi connectivity index (χ3n) is 2.41. The summed E-state index contributed by atoms with van der Waals surface area (Å²) in [5.74, 6) is 4.80. The molecule has 0 spiro atoms. The Morgan fingerprint density at radius 3 is 2.93 bits per heavy atom. The predicted octanol–water partition coefficient (Wildman–Crippen LogP) is 1.06. The number of nitrogens with one attached hydrogen (secondary N) is 1. The van der Waals surface area contributed by atoms with Crippen LogP contribution in [0.2, 0.25) is 0 Å². The maximum absolute atomic E-state index is 11.6. The van der Waals surface area contributed by atoms with Crippen molar-refractivity contribution in [2.24, 2.45) is 10.9 Å². The van der Waals surface area contributed by atoms with E-state index in [1.165, 1.54) is 0 Å². The van der Waals surface area contributed by atoms with Gasteiger partial charge in [0.1, 0.15) is 5.92 Å². The molecule has 14 heavy (non-hydrogen) atoms. The summed E-state index contributed by atoms with van der Waals surface area (Å²) in [5.41, 5.74) is 2.43. The monoisotopic (exact) mass is 189 g/mol. The molecule has 0 aromatic heterocycles. The number of rotatable bonds is 1. The fourth-order valence-electron chi connectivity index (χ4n) is 1.70. The molecule has 2 rings (SSSR count). The highest BCUT2D eigenvalue weighted by Gasteiger charge is 2.32. The van der Waals surface area contributed by atoms with Crippen molar-refractivity contribution in [2.75, 3.05) is 5.32 Å². The summed E-state index contributed by atoms with van der Waals surface area (Å²) in [6, 6.07) is 7.57. The normalized spacial score (nSPS) is 20.5. The molecule has 0 fully saturated rings. The van der Waals surface area contributed by atoms with E-state index < -0.39 is 0 Å². The summed E-state index contributed by atoms with van der Waals surface area (Å²) in [6.07, 6.45) is 0. The summed E-state index contributed by atoms with van der Waals surface area (Å²) in [7, 11) is 0. The number of hydrogen-bond acceptors (Lipinski definition) is 3. The first-order valence-corrected chi connectivity index (χ1v) is 4.38. The van der Waals surface area contributed by atoms with Crippen LogP contribution in [0.15, 0.2) is 29.4 Å². The minimum atomic E-state index is -0.323. The zero-order valence-corrected chi connectivity index (χ0v) is 7.82. The van der Waals surface area contributed by atoms with Gasteiger partial charge in [0.25, 0.3) is 0 Å². The molecule has 1 aliphatic heterocycles. The largest absolute Gasteiger partial charge is 0.325 e. The van der Waals surface area contributed by atoms with Gasteiger partial charge in [0.2, 0.25) is 5.91 Å². The number of fused-ring (bicyclic) bond motifs is 1. The van der Waals surface area contributed by atoms with E-state index in [1.807, 2.05) is 24.3 Å². The molecule has 0 aliphatic carbocycles. The summed E-state index contributed by atoms with van der Waals surface area (Å²) in [6.45, 7) is 1.76. The average Bonchev–Trinajstić information content (AvgIpc) is 2.53. The quantitative estimate of drug-likeness (QED) is 0.394. The minimum absolute atomic E-state index is 0.0575. The van der Waals surface area contributed by atoms with E-state index in [4.69, 9.17) is 5.84 Å². The van der Waals surface area contributed by atoms with Crippen LogP contribution < -0.4 is 11.2 Å². The Labute approximate surface area is 81.8 Å². The van der Waals surface area contributed by atoms with Gasteiger partial charge in [-0.3, -0.25) is 4.79 Å². The van der Waals surface area contributed by atoms with Crippen molar-refractivity contribution < 1.29 is 4.79 Å². The zero-order valence-electron chi connectivity index (χ0n) is 7.82. The van der Waals surface area contributed by atoms with E-state index in [1.54, 1.807) is 6.92 Å². The number of benzene rings is 1. The first kappa shape index (κ1) is 8.74. The second-order valence-electron chi connectivity index (χ2n) is 3.28. The molecule has 0 radical (unpaired) electrons. The van der Waals surface area contributed by atoms with Crippen molar-refractivity contribution in [3.05, 3.63) is 29.8 Å². The molecule has 4 nitrogen and oxygen atoms in total. The van der Waals surface area contributed by atoms with E-state index in [0.29, 0.717) is 5.71 Å². The smallest absolute Gasteiger partial charge is 0.237 e. The van der Waals surface area contributed by atoms with Crippen LogP contribution in [0.5, 0.6) is 0 Å². The van der Waals surface area contributed by atoms with E-state index in [0.717, 1.165) is 11.3 Å². The van der Waals surface area contributed by atoms with Crippen LogP contribution >= 0.6 is 0 Å². The van der Waals surface area contributed by atoms with E-state index in [-0.39, 0.29) is 11.8 Å². The molecular weight excluding hydrogens is 178 g/mol. The average molecular weight is 189 g/mol. The highest BCUT2D eigenvalue weighted by atomic mass is 16.2. The molecule has 0 saturated heterocycles. The number of amides is 1. The number of hydrazone groups is 1. The van der Waals surface area contributed by atoms with Gasteiger partial charge in [-0.1, -0.05) is 18.2 Å². The van der Waals surface area contributed by atoms with Crippen molar-refractivity contribution in [3.63, 3.8) is 0 Å². The summed E-state index contributed by atoms with van der Waals surface area (Å²) in [4.78, 5) is 11.6. The lowest BCUT2D eigenvalue weighted by molar-refractivity contribution is -0.115. The zero-order chi connectivity index (χ0) is 10.1. The Balaban J connectivity index is 2.50. The van der Waals surface area contributed by atoms with Crippen LogP contribution in [0.25, 0.3) is 0 Å². The van der Waals surface area contributed by atoms with E-state index in [2.05, 4.69) is 10.4 Å². The molecule has 1 amide bonds. The molecule has 1 heterocycles. The van der Waals surface area contributed by atoms with Crippen LogP contribution in [0.1, 0.15) is 18.4 Å². The predicted molar refractivity (Wildman–Crippen MR) is 55.1 cm³/mol.